The predicted molar refractivity (Wildman–Crippen MR) is 67.2 cm³/mol. The van der Waals surface area contributed by atoms with Crippen molar-refractivity contribution < 1.29 is 4.74 Å². The van der Waals surface area contributed by atoms with E-state index in [0.29, 0.717) is 6.61 Å². The van der Waals surface area contributed by atoms with Crippen LogP contribution in [-0.2, 0) is 4.74 Å². The average molecular weight is 305 g/mol. The molecule has 78 valence electrons. The van der Waals surface area contributed by atoms with Crippen LogP contribution < -0.4 is 5.73 Å². The van der Waals surface area contributed by atoms with E-state index < -0.39 is 0 Å². The van der Waals surface area contributed by atoms with Gasteiger partial charge in [-0.15, -0.1) is 0 Å². The summed E-state index contributed by atoms with van der Waals surface area (Å²) in [6, 6.07) is 8.24. The van der Waals surface area contributed by atoms with Crippen molar-refractivity contribution in [1.82, 2.24) is 0 Å². The molecule has 0 heterocycles. The van der Waals surface area contributed by atoms with Gasteiger partial charge in [-0.05, 0) is 46.7 Å². The van der Waals surface area contributed by atoms with Crippen LogP contribution in [-0.4, -0.2) is 13.2 Å². The highest BCUT2D eigenvalue weighted by atomic mass is 127. The van der Waals surface area contributed by atoms with Gasteiger partial charge >= 0.3 is 0 Å². The largest absolute Gasteiger partial charge is 0.379 e. The van der Waals surface area contributed by atoms with Crippen LogP contribution in [0.25, 0.3) is 0 Å². The van der Waals surface area contributed by atoms with Gasteiger partial charge in [-0.2, -0.15) is 0 Å². The fourth-order valence-electron chi connectivity index (χ4n) is 1.16. The Bertz CT molecular complexity index is 260. The molecule has 3 heteroatoms. The summed E-state index contributed by atoms with van der Waals surface area (Å²) in [5.41, 5.74) is 7.10. The zero-order chi connectivity index (χ0) is 10.4. The Labute approximate surface area is 99.0 Å². The minimum atomic E-state index is -0.00134. The molecular formula is C11H16INO. The fourth-order valence-corrected chi connectivity index (χ4v) is 1.52. The van der Waals surface area contributed by atoms with Gasteiger partial charge < -0.3 is 10.5 Å². The van der Waals surface area contributed by atoms with Crippen LogP contribution in [0.5, 0.6) is 0 Å². The van der Waals surface area contributed by atoms with E-state index in [9.17, 15) is 0 Å². The zero-order valence-corrected chi connectivity index (χ0v) is 10.5. The normalized spacial score (nSPS) is 12.8. The minimum Gasteiger partial charge on any atom is -0.379 e. The molecule has 1 rings (SSSR count). The van der Waals surface area contributed by atoms with Crippen molar-refractivity contribution >= 4 is 22.6 Å². The van der Waals surface area contributed by atoms with E-state index in [-0.39, 0.29) is 6.04 Å². The van der Waals surface area contributed by atoms with E-state index in [1.165, 1.54) is 3.57 Å². The van der Waals surface area contributed by atoms with Crippen LogP contribution >= 0.6 is 22.6 Å². The molecule has 1 atom stereocenters. The van der Waals surface area contributed by atoms with Crippen molar-refractivity contribution in [2.75, 3.05) is 13.2 Å². The van der Waals surface area contributed by atoms with Gasteiger partial charge in [0.1, 0.15) is 0 Å². The summed E-state index contributed by atoms with van der Waals surface area (Å²) in [5, 5.41) is 0. The third-order valence-electron chi connectivity index (χ3n) is 1.94. The second kappa shape index (κ2) is 6.37. The lowest BCUT2D eigenvalue weighted by Gasteiger charge is -2.12. The van der Waals surface area contributed by atoms with Crippen LogP contribution in [0.2, 0.25) is 0 Å². The molecule has 0 aliphatic rings. The molecular weight excluding hydrogens is 289 g/mol. The number of hydrogen-bond acceptors (Lipinski definition) is 2. The second-order valence-electron chi connectivity index (χ2n) is 3.23. The predicted octanol–water partition coefficient (Wildman–Crippen LogP) is 2.72. The Morgan fingerprint density at radius 1 is 1.36 bits per heavy atom. The Kier molecular flexibility index (Phi) is 5.44. The highest BCUT2D eigenvalue weighted by molar-refractivity contribution is 14.1. The average Bonchev–Trinajstić information content (AvgIpc) is 2.19. The van der Waals surface area contributed by atoms with E-state index in [4.69, 9.17) is 10.5 Å². The smallest absolute Gasteiger partial charge is 0.0659 e. The summed E-state index contributed by atoms with van der Waals surface area (Å²) in [5.74, 6) is 0. The van der Waals surface area contributed by atoms with Gasteiger partial charge in [-0.25, -0.2) is 0 Å². The molecule has 0 aliphatic carbocycles. The lowest BCUT2D eigenvalue weighted by atomic mass is 10.1. The Hall–Kier alpha value is -0.130. The third kappa shape index (κ3) is 3.94. The quantitative estimate of drug-likeness (QED) is 0.670. The van der Waals surface area contributed by atoms with Gasteiger partial charge in [-0.3, -0.25) is 0 Å². The number of benzene rings is 1. The third-order valence-corrected chi connectivity index (χ3v) is 2.66. The van der Waals surface area contributed by atoms with Crippen molar-refractivity contribution in [1.29, 1.82) is 0 Å². The van der Waals surface area contributed by atoms with E-state index in [1.807, 2.05) is 0 Å². The number of ether oxygens (including phenoxy) is 1. The summed E-state index contributed by atoms with van der Waals surface area (Å²) >= 11 is 2.28. The first-order valence-corrected chi connectivity index (χ1v) is 5.90. The summed E-state index contributed by atoms with van der Waals surface area (Å²) in [6.45, 7) is 3.49. The van der Waals surface area contributed by atoms with Crippen LogP contribution in [0, 0.1) is 3.57 Å². The second-order valence-corrected chi connectivity index (χ2v) is 4.48. The molecule has 1 aromatic carbocycles. The van der Waals surface area contributed by atoms with Crippen molar-refractivity contribution in [3.8, 4) is 0 Å². The highest BCUT2D eigenvalue weighted by Crippen LogP contribution is 2.13. The van der Waals surface area contributed by atoms with Gasteiger partial charge in [-0.1, -0.05) is 19.1 Å². The minimum absolute atomic E-state index is 0.00134. The van der Waals surface area contributed by atoms with E-state index in [2.05, 4.69) is 53.8 Å². The Morgan fingerprint density at radius 3 is 2.57 bits per heavy atom. The molecule has 0 fully saturated rings. The fraction of sp³-hybridized carbons (Fsp3) is 0.455. The lowest BCUT2D eigenvalue weighted by Crippen LogP contribution is -2.17. The zero-order valence-electron chi connectivity index (χ0n) is 8.37. The molecule has 0 aromatic heterocycles. The molecule has 2 nitrogen and oxygen atoms in total. The maximum atomic E-state index is 5.96. The molecule has 0 saturated carbocycles. The van der Waals surface area contributed by atoms with Gasteiger partial charge in [0.2, 0.25) is 0 Å². The van der Waals surface area contributed by atoms with Crippen LogP contribution in [0.15, 0.2) is 24.3 Å². The van der Waals surface area contributed by atoms with Crippen molar-refractivity contribution in [3.63, 3.8) is 0 Å². The van der Waals surface area contributed by atoms with E-state index in [1.54, 1.807) is 0 Å². The van der Waals surface area contributed by atoms with Crippen LogP contribution in [0.1, 0.15) is 24.9 Å². The first-order valence-electron chi connectivity index (χ1n) is 4.83. The number of halogens is 1. The maximum Gasteiger partial charge on any atom is 0.0659 e. The molecule has 0 amide bonds. The standard InChI is InChI=1S/C11H16INO/c1-2-7-14-8-11(13)9-3-5-10(12)6-4-9/h3-6,11H,2,7-8,13H2,1H3. The van der Waals surface area contributed by atoms with Crippen molar-refractivity contribution in [2.45, 2.75) is 19.4 Å². The number of nitrogens with two attached hydrogens (primary N) is 1. The molecule has 0 radical (unpaired) electrons. The summed E-state index contributed by atoms with van der Waals surface area (Å²) in [6.07, 6.45) is 1.04. The van der Waals surface area contributed by atoms with Crippen molar-refractivity contribution in [2.24, 2.45) is 5.73 Å². The first-order chi connectivity index (χ1) is 6.74. The lowest BCUT2D eigenvalue weighted by molar-refractivity contribution is 0.121. The summed E-state index contributed by atoms with van der Waals surface area (Å²) in [4.78, 5) is 0. The number of rotatable bonds is 5. The summed E-state index contributed by atoms with van der Waals surface area (Å²) < 4.78 is 6.63. The Balaban J connectivity index is 2.43. The SMILES string of the molecule is CCCOCC(N)c1ccc(I)cc1. The van der Waals surface area contributed by atoms with Gasteiger partial charge in [0.05, 0.1) is 12.6 Å². The maximum absolute atomic E-state index is 5.96. The number of hydrogen-bond donors (Lipinski definition) is 1. The van der Waals surface area contributed by atoms with Gasteiger partial charge in [0, 0.05) is 10.2 Å². The van der Waals surface area contributed by atoms with Crippen LogP contribution in [0.4, 0.5) is 0 Å². The summed E-state index contributed by atoms with van der Waals surface area (Å²) in [7, 11) is 0. The van der Waals surface area contributed by atoms with Crippen LogP contribution in [0.3, 0.4) is 0 Å². The molecule has 1 unspecified atom stereocenters. The highest BCUT2D eigenvalue weighted by Gasteiger charge is 2.04. The van der Waals surface area contributed by atoms with E-state index in [0.717, 1.165) is 18.6 Å². The molecule has 0 spiro atoms. The van der Waals surface area contributed by atoms with Crippen molar-refractivity contribution in [3.05, 3.63) is 33.4 Å². The van der Waals surface area contributed by atoms with Gasteiger partial charge in [0.15, 0.2) is 0 Å². The monoisotopic (exact) mass is 305 g/mol. The molecule has 2 N–H and O–H groups in total. The molecule has 0 aliphatic heterocycles. The first kappa shape index (κ1) is 11.9. The molecule has 14 heavy (non-hydrogen) atoms. The topological polar surface area (TPSA) is 35.2 Å². The molecule has 0 saturated heterocycles. The Morgan fingerprint density at radius 2 is 2.00 bits per heavy atom. The van der Waals surface area contributed by atoms with Gasteiger partial charge in [0.25, 0.3) is 0 Å². The molecule has 0 bridgehead atoms. The molecule has 1 aromatic rings. The van der Waals surface area contributed by atoms with E-state index >= 15 is 0 Å².